The molecule has 31 heavy (non-hydrogen) atoms. The number of carbonyl (C=O) groups is 1. The van der Waals surface area contributed by atoms with Gasteiger partial charge in [0.2, 0.25) is 0 Å². The first kappa shape index (κ1) is 20.8. The standard InChI is InChI=1S/C21H21F2N3O5/c1-21(2,3)12-7-13-16(15-10(12)6-11(19(28)29)18(27)25-15)24-17-14(30-4)5-9(8-26(13)17)31-20(22)23/h5-6,8,12,20H,7H2,1-4H3,(H,25,27)(H,28,29)/t12-/m1/s1. The molecule has 2 N–H and O–H groups in total. The lowest BCUT2D eigenvalue weighted by Crippen LogP contribution is -2.29. The van der Waals surface area contributed by atoms with Gasteiger partial charge in [-0.15, -0.1) is 0 Å². The van der Waals surface area contributed by atoms with Gasteiger partial charge >= 0.3 is 12.6 Å². The van der Waals surface area contributed by atoms with Crippen LogP contribution in [0.3, 0.4) is 0 Å². The molecule has 0 aliphatic heterocycles. The number of hydrogen-bond acceptors (Lipinski definition) is 5. The summed E-state index contributed by atoms with van der Waals surface area (Å²) < 4.78 is 37.1. The number of pyridine rings is 2. The zero-order valence-corrected chi connectivity index (χ0v) is 17.3. The first-order chi connectivity index (χ1) is 14.5. The Balaban J connectivity index is 2.04. The van der Waals surface area contributed by atoms with E-state index in [0.29, 0.717) is 34.7 Å². The van der Waals surface area contributed by atoms with Gasteiger partial charge in [-0.1, -0.05) is 20.8 Å². The Labute approximate surface area is 175 Å². The quantitative estimate of drug-likeness (QED) is 0.650. The zero-order chi connectivity index (χ0) is 22.7. The molecule has 0 saturated heterocycles. The van der Waals surface area contributed by atoms with E-state index < -0.39 is 18.1 Å². The van der Waals surface area contributed by atoms with Crippen LogP contribution >= 0.6 is 0 Å². The number of fused-ring (bicyclic) bond motifs is 5. The van der Waals surface area contributed by atoms with Gasteiger partial charge in [0.05, 0.1) is 24.7 Å². The van der Waals surface area contributed by atoms with Crippen molar-refractivity contribution in [2.45, 2.75) is 39.7 Å². The maximum atomic E-state index is 12.8. The Morgan fingerprint density at radius 1 is 1.35 bits per heavy atom. The number of halogens is 2. The lowest BCUT2D eigenvalue weighted by atomic mass is 9.70. The molecule has 3 aromatic rings. The van der Waals surface area contributed by atoms with E-state index in [0.717, 1.165) is 0 Å². The van der Waals surface area contributed by atoms with Gasteiger partial charge in [-0.2, -0.15) is 8.78 Å². The summed E-state index contributed by atoms with van der Waals surface area (Å²) in [5, 5.41) is 9.41. The van der Waals surface area contributed by atoms with Crippen molar-refractivity contribution in [3.05, 3.63) is 45.5 Å². The molecule has 0 bridgehead atoms. The number of rotatable bonds is 4. The highest BCUT2D eigenvalue weighted by atomic mass is 19.3. The van der Waals surface area contributed by atoms with Gasteiger partial charge in [-0.05, 0) is 29.4 Å². The lowest BCUT2D eigenvalue weighted by molar-refractivity contribution is -0.0502. The van der Waals surface area contributed by atoms with Crippen molar-refractivity contribution in [2.24, 2.45) is 5.41 Å². The average Bonchev–Trinajstić information content (AvgIpc) is 3.03. The van der Waals surface area contributed by atoms with E-state index in [2.05, 4.69) is 14.7 Å². The third kappa shape index (κ3) is 3.41. The fourth-order valence-corrected chi connectivity index (χ4v) is 4.10. The van der Waals surface area contributed by atoms with Gasteiger partial charge < -0.3 is 19.6 Å². The first-order valence-electron chi connectivity index (χ1n) is 9.56. The highest BCUT2D eigenvalue weighted by Crippen LogP contribution is 2.47. The second-order valence-electron chi connectivity index (χ2n) is 8.49. The van der Waals surface area contributed by atoms with Crippen LogP contribution < -0.4 is 15.0 Å². The maximum Gasteiger partial charge on any atom is 0.387 e. The van der Waals surface area contributed by atoms with Crippen LogP contribution in [0.4, 0.5) is 8.78 Å². The van der Waals surface area contributed by atoms with Crippen molar-refractivity contribution >= 4 is 11.6 Å². The number of carboxylic acid groups (broad SMARTS) is 1. The average molecular weight is 433 g/mol. The molecule has 0 amide bonds. The number of aromatic nitrogens is 3. The van der Waals surface area contributed by atoms with Gasteiger partial charge in [-0.25, -0.2) is 9.78 Å². The third-order valence-electron chi connectivity index (χ3n) is 5.56. The molecule has 0 saturated carbocycles. The van der Waals surface area contributed by atoms with E-state index in [4.69, 9.17) is 4.74 Å². The molecule has 8 nitrogen and oxygen atoms in total. The van der Waals surface area contributed by atoms with Crippen LogP contribution in [-0.2, 0) is 6.42 Å². The number of hydrogen-bond donors (Lipinski definition) is 2. The number of nitrogens with zero attached hydrogens (tertiary/aromatic N) is 2. The van der Waals surface area contributed by atoms with E-state index in [1.165, 1.54) is 25.4 Å². The maximum absolute atomic E-state index is 12.8. The van der Waals surface area contributed by atoms with Crippen LogP contribution in [0, 0.1) is 5.41 Å². The van der Waals surface area contributed by atoms with Crippen LogP contribution in [0.5, 0.6) is 11.5 Å². The number of carboxylic acids is 1. The summed E-state index contributed by atoms with van der Waals surface area (Å²) in [5.41, 5.74) is 1.20. The molecule has 0 unspecified atom stereocenters. The largest absolute Gasteiger partial charge is 0.493 e. The predicted molar refractivity (Wildman–Crippen MR) is 107 cm³/mol. The molecule has 0 radical (unpaired) electrons. The van der Waals surface area contributed by atoms with Crippen LogP contribution in [-0.4, -0.2) is 39.2 Å². The predicted octanol–water partition coefficient (Wildman–Crippen LogP) is 3.68. The molecule has 1 aliphatic rings. The number of ether oxygens (including phenoxy) is 2. The summed E-state index contributed by atoms with van der Waals surface area (Å²) in [5.74, 6) is -1.35. The number of aromatic amines is 1. The molecule has 4 rings (SSSR count). The van der Waals surface area contributed by atoms with Crippen LogP contribution in [0.15, 0.2) is 23.1 Å². The van der Waals surface area contributed by atoms with Gasteiger partial charge in [0.15, 0.2) is 11.4 Å². The van der Waals surface area contributed by atoms with E-state index in [1.807, 2.05) is 20.8 Å². The van der Waals surface area contributed by atoms with Gasteiger partial charge in [0, 0.05) is 6.07 Å². The van der Waals surface area contributed by atoms with Crippen molar-refractivity contribution in [3.63, 3.8) is 0 Å². The summed E-state index contributed by atoms with van der Waals surface area (Å²) in [6.07, 6.45) is 1.85. The second-order valence-corrected chi connectivity index (χ2v) is 8.49. The van der Waals surface area contributed by atoms with Crippen LogP contribution in [0.2, 0.25) is 0 Å². The van der Waals surface area contributed by atoms with E-state index in [1.54, 1.807) is 4.40 Å². The monoisotopic (exact) mass is 433 g/mol. The number of aromatic carboxylic acids is 1. The molecule has 10 heteroatoms. The van der Waals surface area contributed by atoms with Crippen molar-refractivity contribution in [3.8, 4) is 22.9 Å². The van der Waals surface area contributed by atoms with Gasteiger partial charge in [-0.3, -0.25) is 9.20 Å². The molecular formula is C21H21F2N3O5. The van der Waals surface area contributed by atoms with Gasteiger partial charge in [0.25, 0.3) is 5.56 Å². The summed E-state index contributed by atoms with van der Waals surface area (Å²) in [7, 11) is 1.39. The van der Waals surface area contributed by atoms with E-state index in [-0.39, 0.29) is 28.4 Å². The Morgan fingerprint density at radius 3 is 2.65 bits per heavy atom. The fourth-order valence-electron chi connectivity index (χ4n) is 4.10. The number of alkyl halides is 2. The smallest absolute Gasteiger partial charge is 0.387 e. The molecule has 0 aromatic carbocycles. The SMILES string of the molecule is COc1cc(OC(F)F)cn2c3c(nc12)-c1[nH]c(=O)c(C(=O)O)cc1[C@H](C(C)(C)C)C3. The fraction of sp³-hybridized carbons (Fsp3) is 0.381. The Kier molecular flexibility index (Phi) is 4.75. The molecule has 164 valence electrons. The Hall–Kier alpha value is -3.43. The van der Waals surface area contributed by atoms with E-state index >= 15 is 0 Å². The normalized spacial score (nSPS) is 15.6. The van der Waals surface area contributed by atoms with Crippen LogP contribution in [0.1, 0.15) is 48.3 Å². The van der Waals surface area contributed by atoms with Crippen LogP contribution in [0.25, 0.3) is 17.0 Å². The summed E-state index contributed by atoms with van der Waals surface area (Å²) in [4.78, 5) is 31.2. The molecule has 1 aliphatic carbocycles. The molecule has 0 fully saturated rings. The van der Waals surface area contributed by atoms with Crippen molar-refractivity contribution < 1.29 is 28.2 Å². The highest BCUT2D eigenvalue weighted by Gasteiger charge is 2.37. The zero-order valence-electron chi connectivity index (χ0n) is 17.3. The highest BCUT2D eigenvalue weighted by molar-refractivity contribution is 5.88. The number of imidazole rings is 1. The number of H-pyrrole nitrogens is 1. The molecule has 3 heterocycles. The summed E-state index contributed by atoms with van der Waals surface area (Å²) in [6.45, 7) is 3.02. The topological polar surface area (TPSA) is 106 Å². The third-order valence-corrected chi connectivity index (χ3v) is 5.56. The Bertz CT molecular complexity index is 1260. The van der Waals surface area contributed by atoms with Crippen molar-refractivity contribution in [1.29, 1.82) is 0 Å². The minimum Gasteiger partial charge on any atom is -0.493 e. The van der Waals surface area contributed by atoms with Crippen molar-refractivity contribution in [2.75, 3.05) is 7.11 Å². The lowest BCUT2D eigenvalue weighted by Gasteiger charge is -2.35. The molecule has 3 aromatic heterocycles. The Morgan fingerprint density at radius 2 is 2.06 bits per heavy atom. The van der Waals surface area contributed by atoms with Crippen molar-refractivity contribution in [1.82, 2.24) is 14.4 Å². The number of methoxy groups -OCH3 is 1. The molecular weight excluding hydrogens is 412 g/mol. The van der Waals surface area contributed by atoms with E-state index in [9.17, 15) is 23.5 Å². The number of nitrogens with one attached hydrogen (secondary N) is 1. The minimum absolute atomic E-state index is 0.0904. The molecule has 0 spiro atoms. The first-order valence-corrected chi connectivity index (χ1v) is 9.56. The summed E-state index contributed by atoms with van der Waals surface area (Å²) in [6, 6.07) is 2.72. The molecule has 1 atom stereocenters. The minimum atomic E-state index is -3.00. The summed E-state index contributed by atoms with van der Waals surface area (Å²) >= 11 is 0. The second kappa shape index (κ2) is 7.07. The van der Waals surface area contributed by atoms with Gasteiger partial charge in [0.1, 0.15) is 17.0 Å².